The van der Waals surface area contributed by atoms with Gasteiger partial charge in [0.2, 0.25) is 0 Å². The lowest BCUT2D eigenvalue weighted by molar-refractivity contribution is -0.137. The molecule has 1 aromatic carbocycles. The van der Waals surface area contributed by atoms with Crippen molar-refractivity contribution < 1.29 is 18.0 Å². The molecule has 116 valence electrons. The van der Waals surface area contributed by atoms with Crippen LogP contribution < -0.4 is 5.32 Å². The summed E-state index contributed by atoms with van der Waals surface area (Å²) in [6.45, 7) is 0. The maximum Gasteiger partial charge on any atom is 0.416 e. The first-order valence-corrected chi connectivity index (χ1v) is 7.46. The minimum atomic E-state index is -4.42. The zero-order valence-electron chi connectivity index (χ0n) is 11.1. The first-order chi connectivity index (χ1) is 10.3. The number of aromatic nitrogens is 2. The van der Waals surface area contributed by atoms with Gasteiger partial charge in [0, 0.05) is 5.69 Å². The van der Waals surface area contributed by atoms with Crippen LogP contribution in [0.4, 0.5) is 18.9 Å². The van der Waals surface area contributed by atoms with Crippen LogP contribution in [0.5, 0.6) is 0 Å². The highest BCUT2D eigenvalue weighted by molar-refractivity contribution is 7.98. The summed E-state index contributed by atoms with van der Waals surface area (Å²) in [7, 11) is 0. The van der Waals surface area contributed by atoms with Crippen LogP contribution >= 0.6 is 23.4 Å². The molecule has 0 bridgehead atoms. The van der Waals surface area contributed by atoms with Crippen LogP contribution in [0.15, 0.2) is 35.6 Å². The van der Waals surface area contributed by atoms with Gasteiger partial charge < -0.3 is 5.32 Å². The Labute approximate surface area is 133 Å². The summed E-state index contributed by atoms with van der Waals surface area (Å²) in [5, 5.41) is 2.86. The highest BCUT2D eigenvalue weighted by atomic mass is 35.5. The van der Waals surface area contributed by atoms with Gasteiger partial charge >= 0.3 is 6.18 Å². The van der Waals surface area contributed by atoms with Gasteiger partial charge in [-0.25, -0.2) is 9.97 Å². The Morgan fingerprint density at radius 3 is 2.45 bits per heavy atom. The van der Waals surface area contributed by atoms with Crippen LogP contribution in [0.2, 0.25) is 5.02 Å². The first kappa shape index (κ1) is 16.6. The fourth-order valence-corrected chi connectivity index (χ4v) is 2.06. The molecule has 1 aromatic heterocycles. The van der Waals surface area contributed by atoms with Crippen LogP contribution in [0.25, 0.3) is 0 Å². The van der Waals surface area contributed by atoms with E-state index in [0.717, 1.165) is 24.3 Å². The van der Waals surface area contributed by atoms with E-state index in [1.165, 1.54) is 18.0 Å². The lowest BCUT2D eigenvalue weighted by Crippen LogP contribution is -2.15. The molecular weight excluding hydrogens is 339 g/mol. The van der Waals surface area contributed by atoms with Crippen LogP contribution in [0, 0.1) is 0 Å². The van der Waals surface area contributed by atoms with E-state index < -0.39 is 17.6 Å². The average Bonchev–Trinajstić information content (AvgIpc) is 2.47. The van der Waals surface area contributed by atoms with Gasteiger partial charge in [0.25, 0.3) is 5.91 Å². The van der Waals surface area contributed by atoms with Crippen LogP contribution in [0.1, 0.15) is 16.1 Å². The highest BCUT2D eigenvalue weighted by Crippen LogP contribution is 2.30. The number of nitrogens with zero attached hydrogens (tertiary/aromatic N) is 2. The van der Waals surface area contributed by atoms with E-state index in [0.29, 0.717) is 5.16 Å². The number of rotatable bonds is 3. The SMILES string of the molecule is CSc1ncc(Cl)c(C(=O)Nc2ccc(C(F)(F)F)cc2)n1. The van der Waals surface area contributed by atoms with Crippen molar-refractivity contribution in [1.82, 2.24) is 9.97 Å². The molecule has 2 rings (SSSR count). The van der Waals surface area contributed by atoms with Crippen LogP contribution in [0.3, 0.4) is 0 Å². The molecule has 0 unspecified atom stereocenters. The predicted molar refractivity (Wildman–Crippen MR) is 78.2 cm³/mol. The Morgan fingerprint density at radius 1 is 1.27 bits per heavy atom. The van der Waals surface area contributed by atoms with Crippen molar-refractivity contribution in [3.05, 3.63) is 46.7 Å². The molecule has 0 radical (unpaired) electrons. The molecule has 9 heteroatoms. The summed E-state index contributed by atoms with van der Waals surface area (Å²) in [4.78, 5) is 19.9. The normalized spacial score (nSPS) is 11.3. The second-order valence-corrected chi connectivity index (χ2v) is 5.26. The largest absolute Gasteiger partial charge is 0.416 e. The minimum Gasteiger partial charge on any atom is -0.321 e. The number of hydrogen-bond acceptors (Lipinski definition) is 4. The minimum absolute atomic E-state index is 0.0408. The number of halogens is 4. The molecule has 0 saturated heterocycles. The van der Waals surface area contributed by atoms with Crippen molar-refractivity contribution in [2.24, 2.45) is 0 Å². The van der Waals surface area contributed by atoms with Crippen molar-refractivity contribution in [3.8, 4) is 0 Å². The van der Waals surface area contributed by atoms with Gasteiger partial charge in [0.15, 0.2) is 10.9 Å². The zero-order valence-corrected chi connectivity index (χ0v) is 12.7. The van der Waals surface area contributed by atoms with Crippen LogP contribution in [-0.2, 0) is 6.18 Å². The monoisotopic (exact) mass is 347 g/mol. The van der Waals surface area contributed by atoms with E-state index in [1.54, 1.807) is 6.26 Å². The summed E-state index contributed by atoms with van der Waals surface area (Å²) in [5.41, 5.74) is -0.630. The molecule has 0 atom stereocenters. The molecule has 0 aliphatic carbocycles. The standard InChI is InChI=1S/C13H9ClF3N3OS/c1-22-12-18-6-9(14)10(20-12)11(21)19-8-4-2-7(3-5-8)13(15,16)17/h2-6H,1H3,(H,19,21). The average molecular weight is 348 g/mol. The number of carbonyl (C=O) groups excluding carboxylic acids is 1. The molecule has 4 nitrogen and oxygen atoms in total. The second kappa shape index (κ2) is 6.53. The molecule has 0 fully saturated rings. The molecule has 1 amide bonds. The van der Waals surface area contributed by atoms with Crippen molar-refractivity contribution in [2.75, 3.05) is 11.6 Å². The van der Waals surface area contributed by atoms with Crippen molar-refractivity contribution in [2.45, 2.75) is 11.3 Å². The van der Waals surface area contributed by atoms with Crippen molar-refractivity contribution in [3.63, 3.8) is 0 Å². The van der Waals surface area contributed by atoms with E-state index in [1.807, 2.05) is 0 Å². The summed E-state index contributed by atoms with van der Waals surface area (Å²) in [5.74, 6) is -0.623. The molecule has 0 saturated carbocycles. The summed E-state index contributed by atoms with van der Waals surface area (Å²) < 4.78 is 37.4. The fraction of sp³-hybridized carbons (Fsp3) is 0.154. The molecule has 1 N–H and O–H groups in total. The summed E-state index contributed by atoms with van der Waals surface area (Å²) in [6.07, 6.45) is -1.39. The maximum absolute atomic E-state index is 12.5. The number of alkyl halides is 3. The lowest BCUT2D eigenvalue weighted by atomic mass is 10.2. The number of thioether (sulfide) groups is 1. The molecular formula is C13H9ClF3N3OS. The third-order valence-electron chi connectivity index (χ3n) is 2.59. The fourth-order valence-electron chi connectivity index (χ4n) is 1.54. The Balaban J connectivity index is 2.19. The van der Waals surface area contributed by atoms with Gasteiger partial charge in [-0.2, -0.15) is 13.2 Å². The van der Waals surface area contributed by atoms with E-state index in [9.17, 15) is 18.0 Å². The Hall–Kier alpha value is -1.80. The molecule has 0 aliphatic heterocycles. The van der Waals surface area contributed by atoms with E-state index in [-0.39, 0.29) is 16.4 Å². The molecule has 0 spiro atoms. The number of nitrogens with one attached hydrogen (secondary N) is 1. The van der Waals surface area contributed by atoms with Gasteiger partial charge in [-0.15, -0.1) is 0 Å². The first-order valence-electron chi connectivity index (χ1n) is 5.86. The number of carbonyl (C=O) groups is 1. The third kappa shape index (κ3) is 3.89. The topological polar surface area (TPSA) is 54.9 Å². The Kier molecular flexibility index (Phi) is 4.92. The van der Waals surface area contributed by atoms with Gasteiger partial charge in [-0.1, -0.05) is 23.4 Å². The number of anilines is 1. The van der Waals surface area contributed by atoms with Crippen molar-refractivity contribution in [1.29, 1.82) is 0 Å². The smallest absolute Gasteiger partial charge is 0.321 e. The Morgan fingerprint density at radius 2 is 1.91 bits per heavy atom. The second-order valence-electron chi connectivity index (χ2n) is 4.08. The van der Waals surface area contributed by atoms with Crippen LogP contribution in [-0.4, -0.2) is 22.1 Å². The predicted octanol–water partition coefficient (Wildman–Crippen LogP) is 4.12. The van der Waals surface area contributed by atoms with Gasteiger partial charge in [0.05, 0.1) is 16.8 Å². The van der Waals surface area contributed by atoms with Gasteiger partial charge in [-0.3, -0.25) is 4.79 Å². The molecule has 22 heavy (non-hydrogen) atoms. The number of amides is 1. The zero-order chi connectivity index (χ0) is 16.3. The lowest BCUT2D eigenvalue weighted by Gasteiger charge is -2.09. The maximum atomic E-state index is 12.5. The molecule has 2 aromatic rings. The number of hydrogen-bond donors (Lipinski definition) is 1. The van der Waals surface area contributed by atoms with Gasteiger partial charge in [0.1, 0.15) is 0 Å². The third-order valence-corrected chi connectivity index (χ3v) is 3.43. The van der Waals surface area contributed by atoms with Crippen molar-refractivity contribution >= 4 is 35.0 Å². The van der Waals surface area contributed by atoms with E-state index >= 15 is 0 Å². The summed E-state index contributed by atoms with van der Waals surface area (Å²) in [6, 6.07) is 4.08. The quantitative estimate of drug-likeness (QED) is 0.670. The van der Waals surface area contributed by atoms with Gasteiger partial charge in [-0.05, 0) is 30.5 Å². The highest BCUT2D eigenvalue weighted by Gasteiger charge is 2.30. The van der Waals surface area contributed by atoms with E-state index in [4.69, 9.17) is 11.6 Å². The Bertz CT molecular complexity index is 692. The summed E-state index contributed by atoms with van der Waals surface area (Å²) >= 11 is 7.09. The van der Waals surface area contributed by atoms with E-state index in [2.05, 4.69) is 15.3 Å². The molecule has 0 aliphatic rings. The molecule has 1 heterocycles. The number of benzene rings is 1.